The second-order valence-electron chi connectivity index (χ2n) is 6.29. The Morgan fingerprint density at radius 3 is 2.35 bits per heavy atom. The number of carbonyl (C=O) groups excluding carboxylic acids is 2. The van der Waals surface area contributed by atoms with Crippen LogP contribution in [0.5, 0.6) is 0 Å². The Balaban J connectivity index is 1.53. The zero-order valence-electron chi connectivity index (χ0n) is 14.7. The van der Waals surface area contributed by atoms with E-state index in [1.807, 2.05) is 79.7 Å². The van der Waals surface area contributed by atoms with Crippen molar-refractivity contribution in [3.05, 3.63) is 83.9 Å². The number of rotatable bonds is 6. The maximum Gasteiger partial charge on any atom is 0.239 e. The molecule has 0 radical (unpaired) electrons. The summed E-state index contributed by atoms with van der Waals surface area (Å²) in [5.74, 6) is -0.364. The van der Waals surface area contributed by atoms with E-state index in [2.05, 4.69) is 10.6 Å². The molecule has 4 nitrogen and oxygen atoms in total. The SMILES string of the molecule is CC(NC(=O)CNC(=O)Cc1cccc2ccccc12)c1ccccc1. The van der Waals surface area contributed by atoms with Crippen molar-refractivity contribution in [2.75, 3.05) is 6.54 Å². The molecule has 132 valence electrons. The van der Waals surface area contributed by atoms with E-state index in [0.29, 0.717) is 0 Å². The Morgan fingerprint density at radius 1 is 0.846 bits per heavy atom. The molecule has 0 spiro atoms. The van der Waals surface area contributed by atoms with Gasteiger partial charge in [0.15, 0.2) is 0 Å². The molecule has 0 aliphatic heterocycles. The molecular weight excluding hydrogens is 324 g/mol. The van der Waals surface area contributed by atoms with Gasteiger partial charge >= 0.3 is 0 Å². The second-order valence-corrected chi connectivity index (χ2v) is 6.29. The largest absolute Gasteiger partial charge is 0.348 e. The molecule has 0 heterocycles. The van der Waals surface area contributed by atoms with Crippen molar-refractivity contribution >= 4 is 22.6 Å². The highest BCUT2D eigenvalue weighted by atomic mass is 16.2. The van der Waals surface area contributed by atoms with E-state index >= 15 is 0 Å². The van der Waals surface area contributed by atoms with Gasteiger partial charge < -0.3 is 10.6 Å². The van der Waals surface area contributed by atoms with E-state index < -0.39 is 0 Å². The lowest BCUT2D eigenvalue weighted by Gasteiger charge is -2.14. The molecule has 26 heavy (non-hydrogen) atoms. The predicted octanol–water partition coefficient (Wildman–Crippen LogP) is 3.38. The first kappa shape index (κ1) is 17.7. The van der Waals surface area contributed by atoms with Crippen LogP contribution >= 0.6 is 0 Å². The van der Waals surface area contributed by atoms with E-state index in [1.54, 1.807) is 0 Å². The Hall–Kier alpha value is -3.14. The van der Waals surface area contributed by atoms with Gasteiger partial charge in [-0.25, -0.2) is 0 Å². The van der Waals surface area contributed by atoms with Crippen LogP contribution in [0, 0.1) is 0 Å². The highest BCUT2D eigenvalue weighted by Crippen LogP contribution is 2.18. The molecule has 0 bridgehead atoms. The van der Waals surface area contributed by atoms with E-state index in [4.69, 9.17) is 0 Å². The average Bonchev–Trinajstić information content (AvgIpc) is 2.67. The predicted molar refractivity (Wildman–Crippen MR) is 104 cm³/mol. The monoisotopic (exact) mass is 346 g/mol. The quantitative estimate of drug-likeness (QED) is 0.719. The Bertz CT molecular complexity index is 901. The number of carbonyl (C=O) groups is 2. The molecular formula is C22H22N2O2. The van der Waals surface area contributed by atoms with Crippen LogP contribution in [0.1, 0.15) is 24.1 Å². The molecule has 1 atom stereocenters. The Kier molecular flexibility index (Phi) is 5.64. The molecule has 2 N–H and O–H groups in total. The molecule has 3 aromatic carbocycles. The molecule has 0 saturated heterocycles. The molecule has 3 aromatic rings. The van der Waals surface area contributed by atoms with Crippen molar-refractivity contribution < 1.29 is 9.59 Å². The van der Waals surface area contributed by atoms with Gasteiger partial charge in [-0.2, -0.15) is 0 Å². The Morgan fingerprint density at radius 2 is 1.54 bits per heavy atom. The number of nitrogens with one attached hydrogen (secondary N) is 2. The molecule has 0 aromatic heterocycles. The Labute approximate surface area is 153 Å². The van der Waals surface area contributed by atoms with E-state index in [1.165, 1.54) is 0 Å². The first-order chi connectivity index (χ1) is 12.6. The van der Waals surface area contributed by atoms with Crippen LogP contribution in [0.3, 0.4) is 0 Å². The molecule has 1 unspecified atom stereocenters. The van der Waals surface area contributed by atoms with E-state index in [-0.39, 0.29) is 30.8 Å². The van der Waals surface area contributed by atoms with Gasteiger partial charge in [0, 0.05) is 0 Å². The highest BCUT2D eigenvalue weighted by Gasteiger charge is 2.11. The molecule has 2 amide bonds. The third-order valence-corrected chi connectivity index (χ3v) is 4.35. The third kappa shape index (κ3) is 4.48. The number of hydrogen-bond acceptors (Lipinski definition) is 2. The number of hydrogen-bond donors (Lipinski definition) is 2. The zero-order valence-corrected chi connectivity index (χ0v) is 14.7. The van der Waals surface area contributed by atoms with E-state index in [0.717, 1.165) is 21.9 Å². The second kappa shape index (κ2) is 8.30. The third-order valence-electron chi connectivity index (χ3n) is 4.35. The molecule has 0 aliphatic carbocycles. The van der Waals surface area contributed by atoms with E-state index in [9.17, 15) is 9.59 Å². The van der Waals surface area contributed by atoms with Crippen molar-refractivity contribution in [1.82, 2.24) is 10.6 Å². The van der Waals surface area contributed by atoms with Crippen molar-refractivity contribution in [3.63, 3.8) is 0 Å². The van der Waals surface area contributed by atoms with Gasteiger partial charge in [-0.15, -0.1) is 0 Å². The fourth-order valence-corrected chi connectivity index (χ4v) is 2.98. The van der Waals surface area contributed by atoms with Gasteiger partial charge in [-0.1, -0.05) is 72.8 Å². The van der Waals surface area contributed by atoms with Crippen LogP contribution in [-0.2, 0) is 16.0 Å². The summed E-state index contributed by atoms with van der Waals surface area (Å²) < 4.78 is 0. The van der Waals surface area contributed by atoms with Gasteiger partial charge in [0.25, 0.3) is 0 Å². The van der Waals surface area contributed by atoms with Crippen LogP contribution in [0.25, 0.3) is 10.8 Å². The van der Waals surface area contributed by atoms with Crippen LogP contribution in [0.15, 0.2) is 72.8 Å². The first-order valence-electron chi connectivity index (χ1n) is 8.71. The first-order valence-corrected chi connectivity index (χ1v) is 8.71. The summed E-state index contributed by atoms with van der Waals surface area (Å²) in [6.45, 7) is 1.89. The minimum Gasteiger partial charge on any atom is -0.348 e. The van der Waals surface area contributed by atoms with Crippen molar-refractivity contribution in [1.29, 1.82) is 0 Å². The molecule has 0 fully saturated rings. The lowest BCUT2D eigenvalue weighted by molar-refractivity contribution is -0.126. The topological polar surface area (TPSA) is 58.2 Å². The van der Waals surface area contributed by atoms with Crippen molar-refractivity contribution in [2.45, 2.75) is 19.4 Å². The number of benzene rings is 3. The van der Waals surface area contributed by atoms with Crippen LogP contribution in [0.2, 0.25) is 0 Å². The fraction of sp³-hybridized carbons (Fsp3) is 0.182. The average molecular weight is 346 g/mol. The van der Waals surface area contributed by atoms with Gasteiger partial charge in [-0.05, 0) is 28.8 Å². The van der Waals surface area contributed by atoms with Crippen LogP contribution in [-0.4, -0.2) is 18.4 Å². The summed E-state index contributed by atoms with van der Waals surface area (Å²) in [6.07, 6.45) is 0.253. The summed E-state index contributed by atoms with van der Waals surface area (Å²) in [7, 11) is 0. The summed E-state index contributed by atoms with van der Waals surface area (Å²) in [5.41, 5.74) is 1.99. The van der Waals surface area contributed by atoms with Crippen molar-refractivity contribution in [2.24, 2.45) is 0 Å². The zero-order chi connectivity index (χ0) is 18.4. The molecule has 0 saturated carbocycles. The standard InChI is InChI=1S/C22H22N2O2/c1-16(17-8-3-2-4-9-17)24-22(26)15-23-21(25)14-19-12-7-11-18-10-5-6-13-20(18)19/h2-13,16H,14-15H2,1H3,(H,23,25)(H,24,26). The maximum absolute atomic E-state index is 12.2. The summed E-state index contributed by atoms with van der Waals surface area (Å²) >= 11 is 0. The van der Waals surface area contributed by atoms with Crippen molar-refractivity contribution in [3.8, 4) is 0 Å². The van der Waals surface area contributed by atoms with Gasteiger partial charge in [-0.3, -0.25) is 9.59 Å². The highest BCUT2D eigenvalue weighted by molar-refractivity contribution is 5.91. The molecule has 0 aliphatic rings. The summed E-state index contributed by atoms with van der Waals surface area (Å²) in [5, 5.41) is 7.76. The van der Waals surface area contributed by atoms with Crippen LogP contribution < -0.4 is 10.6 Å². The minimum absolute atomic E-state index is 0.0270. The number of fused-ring (bicyclic) bond motifs is 1. The fourth-order valence-electron chi connectivity index (χ4n) is 2.98. The maximum atomic E-state index is 12.2. The lowest BCUT2D eigenvalue weighted by Crippen LogP contribution is -2.38. The minimum atomic E-state index is -0.201. The van der Waals surface area contributed by atoms with Crippen LogP contribution in [0.4, 0.5) is 0 Å². The molecule has 4 heteroatoms. The van der Waals surface area contributed by atoms with Gasteiger partial charge in [0.2, 0.25) is 11.8 Å². The summed E-state index contributed by atoms with van der Waals surface area (Å²) in [6, 6.07) is 23.5. The summed E-state index contributed by atoms with van der Waals surface area (Å²) in [4.78, 5) is 24.3. The molecule has 3 rings (SSSR count). The van der Waals surface area contributed by atoms with Gasteiger partial charge in [0.05, 0.1) is 19.0 Å². The van der Waals surface area contributed by atoms with Gasteiger partial charge in [0.1, 0.15) is 0 Å². The smallest absolute Gasteiger partial charge is 0.239 e. The lowest BCUT2D eigenvalue weighted by atomic mass is 10.0. The normalized spacial score (nSPS) is 11.7. The number of amides is 2.